The van der Waals surface area contributed by atoms with Gasteiger partial charge in [0, 0.05) is 0 Å². The van der Waals surface area contributed by atoms with Crippen LogP contribution in [0.1, 0.15) is 68.2 Å². The molecule has 4 nitrogen and oxygen atoms in total. The number of ether oxygens (including phenoxy) is 1. The van der Waals surface area contributed by atoms with E-state index in [9.17, 15) is 9.59 Å². The summed E-state index contributed by atoms with van der Waals surface area (Å²) in [4.78, 5) is 21.6. The Morgan fingerprint density at radius 3 is 1.60 bits per heavy atom. The van der Waals surface area contributed by atoms with Crippen LogP contribution in [0.2, 0.25) is 0 Å². The molecule has 0 saturated heterocycles. The van der Waals surface area contributed by atoms with Crippen LogP contribution in [0.3, 0.4) is 0 Å². The van der Waals surface area contributed by atoms with Gasteiger partial charge in [-0.2, -0.15) is 0 Å². The van der Waals surface area contributed by atoms with E-state index in [2.05, 4.69) is 0 Å². The lowest BCUT2D eigenvalue weighted by Crippen LogP contribution is -2.26. The Labute approximate surface area is 123 Å². The highest BCUT2D eigenvalue weighted by Gasteiger charge is 2.27. The van der Waals surface area contributed by atoms with Crippen molar-refractivity contribution in [1.82, 2.24) is 0 Å². The molecule has 0 aliphatic carbocycles. The smallest absolute Gasteiger partial charge is 0.311 e. The Morgan fingerprint density at radius 2 is 1.40 bits per heavy atom. The first-order valence-electron chi connectivity index (χ1n) is 7.31. The minimum atomic E-state index is -0.722. The van der Waals surface area contributed by atoms with Crippen LogP contribution in [0.15, 0.2) is 0 Å². The Morgan fingerprint density at radius 1 is 1.00 bits per heavy atom. The van der Waals surface area contributed by atoms with Gasteiger partial charge in [-0.1, -0.05) is 27.7 Å². The molecule has 0 bridgehead atoms. The van der Waals surface area contributed by atoms with E-state index in [-0.39, 0.29) is 11.4 Å². The van der Waals surface area contributed by atoms with Gasteiger partial charge in [-0.05, 0) is 46.5 Å². The number of carbonyl (C=O) groups is 2. The molecule has 0 radical (unpaired) electrons. The SMILES string of the molecule is CCC(C)(C)C(=O)O.CCC(C)(C)C(=O)OCC(C)C. The first-order valence-corrected chi connectivity index (χ1v) is 7.31. The highest BCUT2D eigenvalue weighted by Crippen LogP contribution is 2.21. The summed E-state index contributed by atoms with van der Waals surface area (Å²) in [6, 6.07) is 0. The number of carbonyl (C=O) groups excluding carboxylic acids is 1. The summed E-state index contributed by atoms with van der Waals surface area (Å²) in [6.45, 7) is 15.7. The second-order valence-electron chi connectivity index (χ2n) is 6.77. The number of aliphatic carboxylic acids is 1. The largest absolute Gasteiger partial charge is 0.481 e. The van der Waals surface area contributed by atoms with Crippen LogP contribution in [-0.2, 0) is 14.3 Å². The van der Waals surface area contributed by atoms with Crippen LogP contribution in [0.25, 0.3) is 0 Å². The molecule has 0 rings (SSSR count). The summed E-state index contributed by atoms with van der Waals surface area (Å²) in [6.07, 6.45) is 1.51. The van der Waals surface area contributed by atoms with E-state index in [1.807, 2.05) is 41.5 Å². The van der Waals surface area contributed by atoms with E-state index in [1.54, 1.807) is 13.8 Å². The number of esters is 1. The predicted molar refractivity (Wildman–Crippen MR) is 81.6 cm³/mol. The predicted octanol–water partition coefficient (Wildman–Crippen LogP) is 4.13. The fraction of sp³-hybridized carbons (Fsp3) is 0.875. The third-order valence-electron chi connectivity index (χ3n) is 3.45. The number of carboxylic acids is 1. The quantitative estimate of drug-likeness (QED) is 0.746. The monoisotopic (exact) mass is 288 g/mol. The van der Waals surface area contributed by atoms with Crippen LogP contribution >= 0.6 is 0 Å². The van der Waals surface area contributed by atoms with Crippen molar-refractivity contribution in [3.05, 3.63) is 0 Å². The zero-order valence-electron chi connectivity index (χ0n) is 14.4. The van der Waals surface area contributed by atoms with Gasteiger partial charge in [-0.15, -0.1) is 0 Å². The van der Waals surface area contributed by atoms with Crippen molar-refractivity contribution in [3.8, 4) is 0 Å². The summed E-state index contributed by atoms with van der Waals surface area (Å²) < 4.78 is 5.12. The van der Waals surface area contributed by atoms with Gasteiger partial charge < -0.3 is 9.84 Å². The first-order chi connectivity index (χ1) is 8.90. The standard InChI is InChI=1S/C10H20O2.C6H12O2/c1-6-10(4,5)9(11)12-7-8(2)3;1-4-6(2,3)5(7)8/h8H,6-7H2,1-5H3;4H2,1-3H3,(H,7,8). The van der Waals surface area contributed by atoms with E-state index >= 15 is 0 Å². The molecular weight excluding hydrogens is 256 g/mol. The van der Waals surface area contributed by atoms with Crippen LogP contribution in [0, 0.1) is 16.7 Å². The molecule has 1 N–H and O–H groups in total. The zero-order valence-corrected chi connectivity index (χ0v) is 14.4. The van der Waals surface area contributed by atoms with Gasteiger partial charge in [0.2, 0.25) is 0 Å². The second-order valence-corrected chi connectivity index (χ2v) is 6.77. The molecule has 0 aliphatic heterocycles. The number of rotatable bonds is 6. The molecule has 0 aromatic rings. The Hall–Kier alpha value is -1.06. The van der Waals surface area contributed by atoms with Crippen LogP contribution < -0.4 is 0 Å². The first kappa shape index (κ1) is 21.2. The number of hydrogen-bond acceptors (Lipinski definition) is 3. The fourth-order valence-corrected chi connectivity index (χ4v) is 0.733. The lowest BCUT2D eigenvalue weighted by atomic mass is 9.91. The summed E-state index contributed by atoms with van der Waals surface area (Å²) in [5.74, 6) is -0.389. The molecule has 0 spiro atoms. The second kappa shape index (κ2) is 8.98. The highest BCUT2D eigenvalue weighted by molar-refractivity contribution is 5.75. The molecular formula is C16H32O4. The Bertz CT molecular complexity index is 304. The minimum absolute atomic E-state index is 0.0845. The van der Waals surface area contributed by atoms with Crippen molar-refractivity contribution >= 4 is 11.9 Å². The summed E-state index contributed by atoms with van der Waals surface area (Å²) in [5, 5.41) is 8.44. The van der Waals surface area contributed by atoms with Crippen molar-refractivity contribution in [2.75, 3.05) is 6.61 Å². The molecule has 0 atom stereocenters. The van der Waals surface area contributed by atoms with Gasteiger partial charge in [-0.3, -0.25) is 9.59 Å². The van der Waals surface area contributed by atoms with Crippen LogP contribution in [0.5, 0.6) is 0 Å². The Balaban J connectivity index is 0. The molecule has 0 unspecified atom stereocenters. The highest BCUT2D eigenvalue weighted by atomic mass is 16.5. The summed E-state index contributed by atoms with van der Waals surface area (Å²) >= 11 is 0. The molecule has 0 aliphatic rings. The lowest BCUT2D eigenvalue weighted by molar-refractivity contribution is -0.155. The van der Waals surface area contributed by atoms with Crippen molar-refractivity contribution in [2.45, 2.75) is 68.2 Å². The van der Waals surface area contributed by atoms with E-state index in [1.165, 1.54) is 0 Å². The molecule has 0 aromatic heterocycles. The molecule has 0 fully saturated rings. The maximum Gasteiger partial charge on any atom is 0.311 e. The van der Waals surface area contributed by atoms with Crippen LogP contribution in [0.4, 0.5) is 0 Å². The minimum Gasteiger partial charge on any atom is -0.481 e. The average Bonchev–Trinajstić information content (AvgIpc) is 2.36. The zero-order chi connectivity index (χ0) is 16.6. The van der Waals surface area contributed by atoms with Crippen molar-refractivity contribution in [1.29, 1.82) is 0 Å². The lowest BCUT2D eigenvalue weighted by Gasteiger charge is -2.20. The maximum absolute atomic E-state index is 11.4. The molecule has 0 heterocycles. The van der Waals surface area contributed by atoms with E-state index in [4.69, 9.17) is 9.84 Å². The third kappa shape index (κ3) is 8.94. The number of carboxylic acid groups (broad SMARTS) is 1. The maximum atomic E-state index is 11.4. The van der Waals surface area contributed by atoms with Gasteiger partial charge in [0.05, 0.1) is 17.4 Å². The van der Waals surface area contributed by atoms with E-state index in [0.29, 0.717) is 18.9 Å². The average molecular weight is 288 g/mol. The molecule has 4 heteroatoms. The Kier molecular flexibility index (Phi) is 9.54. The molecule has 0 saturated carbocycles. The number of hydrogen-bond donors (Lipinski definition) is 1. The molecule has 20 heavy (non-hydrogen) atoms. The van der Waals surface area contributed by atoms with Crippen molar-refractivity contribution < 1.29 is 19.4 Å². The fourth-order valence-electron chi connectivity index (χ4n) is 0.733. The van der Waals surface area contributed by atoms with Crippen molar-refractivity contribution in [3.63, 3.8) is 0 Å². The molecule has 120 valence electrons. The van der Waals surface area contributed by atoms with Gasteiger partial charge >= 0.3 is 11.9 Å². The van der Waals surface area contributed by atoms with Crippen molar-refractivity contribution in [2.24, 2.45) is 16.7 Å². The molecule has 0 aromatic carbocycles. The van der Waals surface area contributed by atoms with Gasteiger partial charge in [0.15, 0.2) is 0 Å². The van der Waals surface area contributed by atoms with Crippen LogP contribution in [-0.4, -0.2) is 23.7 Å². The van der Waals surface area contributed by atoms with Gasteiger partial charge in [0.1, 0.15) is 0 Å². The summed E-state index contributed by atoms with van der Waals surface area (Å²) in [7, 11) is 0. The summed E-state index contributed by atoms with van der Waals surface area (Å²) in [5.41, 5.74) is -0.866. The van der Waals surface area contributed by atoms with Gasteiger partial charge in [0.25, 0.3) is 0 Å². The third-order valence-corrected chi connectivity index (χ3v) is 3.45. The van der Waals surface area contributed by atoms with E-state index < -0.39 is 11.4 Å². The molecule has 0 amide bonds. The van der Waals surface area contributed by atoms with E-state index in [0.717, 1.165) is 6.42 Å². The normalized spacial score (nSPS) is 11.7. The topological polar surface area (TPSA) is 63.6 Å². The van der Waals surface area contributed by atoms with Gasteiger partial charge in [-0.25, -0.2) is 0 Å².